The topological polar surface area (TPSA) is 12.9 Å². The summed E-state index contributed by atoms with van der Waals surface area (Å²) >= 11 is 7.96. The third kappa shape index (κ3) is 3.20. The van der Waals surface area contributed by atoms with E-state index in [1.807, 2.05) is 18.2 Å². The van der Waals surface area contributed by atoms with E-state index in [1.165, 1.54) is 6.07 Å². The fourth-order valence-electron chi connectivity index (χ4n) is 2.29. The van der Waals surface area contributed by atoms with Gasteiger partial charge in [0.05, 0.1) is 0 Å². The van der Waals surface area contributed by atoms with Crippen molar-refractivity contribution in [3.8, 4) is 0 Å². The second-order valence-electron chi connectivity index (χ2n) is 4.73. The summed E-state index contributed by atoms with van der Waals surface area (Å²) in [7, 11) is 0. The number of nitrogens with zero attached hydrogens (tertiary/aromatic N) is 1. The Morgan fingerprint density at radius 1 is 1.24 bits per heavy atom. The highest BCUT2D eigenvalue weighted by atomic mass is 35.5. The van der Waals surface area contributed by atoms with Gasteiger partial charge in [-0.25, -0.2) is 9.37 Å². The molecule has 1 aliphatic heterocycles. The zero-order valence-corrected chi connectivity index (χ0v) is 12.7. The molecule has 0 saturated carbocycles. The third-order valence-electron chi connectivity index (χ3n) is 3.30. The van der Waals surface area contributed by atoms with Crippen molar-refractivity contribution in [2.45, 2.75) is 0 Å². The van der Waals surface area contributed by atoms with Crippen molar-refractivity contribution in [1.29, 1.82) is 0 Å². The van der Waals surface area contributed by atoms with Crippen molar-refractivity contribution in [3.63, 3.8) is 0 Å². The van der Waals surface area contributed by atoms with Crippen LogP contribution in [0.25, 0.3) is 5.57 Å². The van der Waals surface area contributed by atoms with E-state index in [4.69, 9.17) is 11.6 Å². The molecule has 0 aliphatic carbocycles. The van der Waals surface area contributed by atoms with Crippen LogP contribution in [-0.4, -0.2) is 10.7 Å². The molecule has 1 atom stereocenters. The van der Waals surface area contributed by atoms with Crippen LogP contribution in [-0.2, 0) is 0 Å². The first-order valence-electron chi connectivity index (χ1n) is 6.61. The molecule has 1 aliphatic rings. The average Bonchev–Trinajstić information content (AvgIpc) is 3.00. The highest BCUT2D eigenvalue weighted by Crippen LogP contribution is 2.33. The van der Waals surface area contributed by atoms with Gasteiger partial charge in [-0.15, -0.1) is 11.8 Å². The Balaban J connectivity index is 2.14. The van der Waals surface area contributed by atoms with E-state index in [0.29, 0.717) is 10.7 Å². The molecular weight excluding hydrogens is 305 g/mol. The van der Waals surface area contributed by atoms with Gasteiger partial charge >= 0.3 is 0 Å². The molecule has 2 heterocycles. The van der Waals surface area contributed by atoms with Gasteiger partial charge in [0.2, 0.25) is 0 Å². The number of pyridine rings is 1. The molecule has 1 nitrogen and oxygen atoms in total. The molecular formula is C17H13ClFNS. The normalized spacial score (nSPS) is 18.2. The van der Waals surface area contributed by atoms with Gasteiger partial charge < -0.3 is 0 Å². The summed E-state index contributed by atoms with van der Waals surface area (Å²) in [4.78, 5) is 4.11. The van der Waals surface area contributed by atoms with E-state index >= 15 is 0 Å². The van der Waals surface area contributed by atoms with Gasteiger partial charge in [-0.2, -0.15) is 0 Å². The number of benzene rings is 1. The Hall–Kier alpha value is -1.58. The quantitative estimate of drug-likeness (QED) is 0.723. The van der Waals surface area contributed by atoms with Gasteiger partial charge in [-0.3, -0.25) is 0 Å². The number of hydrogen-bond acceptors (Lipinski definition) is 2. The molecule has 106 valence electrons. The van der Waals surface area contributed by atoms with E-state index in [2.05, 4.69) is 22.5 Å². The van der Waals surface area contributed by atoms with Gasteiger partial charge in [-0.1, -0.05) is 42.0 Å². The van der Waals surface area contributed by atoms with Gasteiger partial charge in [0.25, 0.3) is 0 Å². The molecule has 21 heavy (non-hydrogen) atoms. The number of halogens is 2. The molecule has 1 aromatic carbocycles. The Bertz CT molecular complexity index is 664. The summed E-state index contributed by atoms with van der Waals surface area (Å²) < 4.78 is 14.2. The van der Waals surface area contributed by atoms with Crippen molar-refractivity contribution >= 4 is 28.9 Å². The zero-order valence-electron chi connectivity index (χ0n) is 11.2. The van der Waals surface area contributed by atoms with Crippen molar-refractivity contribution in [2.24, 2.45) is 5.92 Å². The first-order chi connectivity index (χ1) is 10.3. The van der Waals surface area contributed by atoms with E-state index < -0.39 is 0 Å². The summed E-state index contributed by atoms with van der Waals surface area (Å²) in [6.45, 7) is 0. The van der Waals surface area contributed by atoms with Gasteiger partial charge in [0, 0.05) is 29.0 Å². The summed E-state index contributed by atoms with van der Waals surface area (Å²) in [5.74, 6) is 0.995. The number of hydrogen-bond donors (Lipinski definition) is 0. The molecule has 0 saturated heterocycles. The summed E-state index contributed by atoms with van der Waals surface area (Å²) in [5.41, 5.74) is 2.11. The molecule has 2 aromatic rings. The predicted octanol–water partition coefficient (Wildman–Crippen LogP) is 5.18. The van der Waals surface area contributed by atoms with E-state index in [9.17, 15) is 4.39 Å². The highest BCUT2D eigenvalue weighted by molar-refractivity contribution is 8.02. The largest absolute Gasteiger partial charge is 0.244 e. The van der Waals surface area contributed by atoms with Crippen LogP contribution in [0.4, 0.5) is 4.39 Å². The van der Waals surface area contributed by atoms with Crippen molar-refractivity contribution < 1.29 is 4.39 Å². The minimum Gasteiger partial charge on any atom is -0.244 e. The maximum absolute atomic E-state index is 14.2. The van der Waals surface area contributed by atoms with E-state index in [1.54, 1.807) is 30.1 Å². The van der Waals surface area contributed by atoms with Gasteiger partial charge in [-0.05, 0) is 29.2 Å². The Labute approximate surface area is 132 Å². The number of aromatic nitrogens is 1. The van der Waals surface area contributed by atoms with Crippen LogP contribution in [0.3, 0.4) is 0 Å². The molecule has 0 bridgehead atoms. The van der Waals surface area contributed by atoms with Crippen LogP contribution in [0.2, 0.25) is 5.15 Å². The molecule has 0 amide bonds. The lowest BCUT2D eigenvalue weighted by Crippen LogP contribution is -1.99. The molecule has 0 fully saturated rings. The van der Waals surface area contributed by atoms with Crippen molar-refractivity contribution in [3.05, 3.63) is 82.3 Å². The number of allylic oxidation sites excluding steroid dienone is 2. The monoisotopic (exact) mass is 317 g/mol. The molecule has 0 N–H and O–H groups in total. The minimum atomic E-state index is -0.252. The second kappa shape index (κ2) is 6.46. The van der Waals surface area contributed by atoms with Crippen LogP contribution < -0.4 is 0 Å². The summed E-state index contributed by atoms with van der Waals surface area (Å²) in [6.07, 6.45) is 5.82. The molecule has 3 rings (SSSR count). The molecule has 1 aromatic heterocycles. The standard InChI is InChI=1S/C17H13ClFNS/c18-17-14(5-3-8-20-17)15(10-12-7-9-21-11-12)13-4-1-2-6-16(13)19/h1-10,12H,11H2. The number of thioether (sulfide) groups is 1. The summed E-state index contributed by atoms with van der Waals surface area (Å²) in [5, 5.41) is 2.46. The third-order valence-corrected chi connectivity index (χ3v) is 4.53. The Morgan fingerprint density at radius 2 is 2.05 bits per heavy atom. The second-order valence-corrected chi connectivity index (χ2v) is 6.02. The molecule has 0 spiro atoms. The van der Waals surface area contributed by atoms with Crippen molar-refractivity contribution in [1.82, 2.24) is 4.98 Å². The zero-order chi connectivity index (χ0) is 14.7. The van der Waals surface area contributed by atoms with Gasteiger partial charge in [0.1, 0.15) is 11.0 Å². The van der Waals surface area contributed by atoms with Crippen LogP contribution in [0, 0.1) is 11.7 Å². The minimum absolute atomic E-state index is 0.252. The van der Waals surface area contributed by atoms with Crippen LogP contribution >= 0.6 is 23.4 Å². The first-order valence-corrected chi connectivity index (χ1v) is 8.04. The molecule has 0 radical (unpaired) electrons. The lowest BCUT2D eigenvalue weighted by Gasteiger charge is -2.12. The smallest absolute Gasteiger partial charge is 0.136 e. The molecule has 1 unspecified atom stereocenters. The maximum atomic E-state index is 14.2. The van der Waals surface area contributed by atoms with Crippen molar-refractivity contribution in [2.75, 3.05) is 5.75 Å². The maximum Gasteiger partial charge on any atom is 0.136 e. The SMILES string of the molecule is Fc1ccccc1C(=CC1C=CSC1)c1cccnc1Cl. The highest BCUT2D eigenvalue weighted by Gasteiger charge is 2.16. The fraction of sp³-hybridized carbons (Fsp3) is 0.118. The summed E-state index contributed by atoms with van der Waals surface area (Å²) in [6, 6.07) is 10.4. The first kappa shape index (κ1) is 14.4. The van der Waals surface area contributed by atoms with Crippen LogP contribution in [0.1, 0.15) is 11.1 Å². The van der Waals surface area contributed by atoms with Crippen LogP contribution in [0.5, 0.6) is 0 Å². The van der Waals surface area contributed by atoms with Gasteiger partial charge in [0.15, 0.2) is 0 Å². The lowest BCUT2D eigenvalue weighted by atomic mass is 9.95. The Kier molecular flexibility index (Phi) is 4.42. The average molecular weight is 318 g/mol. The fourth-order valence-corrected chi connectivity index (χ4v) is 3.36. The molecule has 4 heteroatoms. The van der Waals surface area contributed by atoms with E-state index in [-0.39, 0.29) is 11.7 Å². The predicted molar refractivity (Wildman–Crippen MR) is 87.8 cm³/mol. The van der Waals surface area contributed by atoms with E-state index in [0.717, 1.165) is 16.9 Å². The number of rotatable bonds is 3. The lowest BCUT2D eigenvalue weighted by molar-refractivity contribution is 0.624. The Morgan fingerprint density at radius 3 is 2.76 bits per heavy atom. The van der Waals surface area contributed by atoms with Crippen LogP contribution in [0.15, 0.2) is 60.2 Å².